The first-order chi connectivity index (χ1) is 8.30. The molecule has 17 heavy (non-hydrogen) atoms. The van der Waals surface area contributed by atoms with E-state index in [9.17, 15) is 0 Å². The van der Waals surface area contributed by atoms with E-state index in [4.69, 9.17) is 9.84 Å². The SMILES string of the molecule is CNc1nc(NCCCCCO)nc(OC)n1. The van der Waals surface area contributed by atoms with Crippen LogP contribution in [0, 0.1) is 0 Å². The molecule has 1 heterocycles. The Labute approximate surface area is 101 Å². The fourth-order valence-electron chi connectivity index (χ4n) is 1.25. The predicted molar refractivity (Wildman–Crippen MR) is 65.4 cm³/mol. The summed E-state index contributed by atoms with van der Waals surface area (Å²) in [7, 11) is 3.25. The van der Waals surface area contributed by atoms with Gasteiger partial charge in [0.15, 0.2) is 0 Å². The van der Waals surface area contributed by atoms with Crippen molar-refractivity contribution in [3.63, 3.8) is 0 Å². The van der Waals surface area contributed by atoms with Gasteiger partial charge in [-0.1, -0.05) is 0 Å². The maximum absolute atomic E-state index is 8.64. The second kappa shape index (κ2) is 7.61. The zero-order valence-corrected chi connectivity index (χ0v) is 10.2. The summed E-state index contributed by atoms with van der Waals surface area (Å²) in [6, 6.07) is 0.280. The number of nitrogens with zero attached hydrogens (tertiary/aromatic N) is 3. The third-order valence-corrected chi connectivity index (χ3v) is 2.14. The molecule has 96 valence electrons. The molecule has 1 rings (SSSR count). The number of hydrogen-bond donors (Lipinski definition) is 3. The third-order valence-electron chi connectivity index (χ3n) is 2.14. The number of aliphatic hydroxyl groups is 1. The summed E-state index contributed by atoms with van der Waals surface area (Å²) in [5.74, 6) is 0.958. The molecule has 0 saturated heterocycles. The van der Waals surface area contributed by atoms with E-state index in [-0.39, 0.29) is 12.6 Å². The number of methoxy groups -OCH3 is 1. The summed E-state index contributed by atoms with van der Waals surface area (Å²) in [5, 5.41) is 14.6. The highest BCUT2D eigenvalue weighted by Crippen LogP contribution is 2.10. The van der Waals surface area contributed by atoms with E-state index in [1.54, 1.807) is 7.05 Å². The Bertz CT molecular complexity index is 312. The van der Waals surface area contributed by atoms with Crippen LogP contribution in [0.3, 0.4) is 0 Å². The molecule has 0 saturated carbocycles. The van der Waals surface area contributed by atoms with Gasteiger partial charge in [-0.2, -0.15) is 15.0 Å². The standard InChI is InChI=1S/C10H19N5O2/c1-11-8-13-9(15-10(14-8)17-2)12-6-4-3-5-7-16/h16H,3-7H2,1-2H3,(H2,11,12,13,14,15). The van der Waals surface area contributed by atoms with Crippen molar-refractivity contribution >= 4 is 11.9 Å². The van der Waals surface area contributed by atoms with E-state index in [0.29, 0.717) is 11.9 Å². The average Bonchev–Trinajstić information content (AvgIpc) is 2.38. The highest BCUT2D eigenvalue weighted by atomic mass is 16.5. The molecule has 0 amide bonds. The molecule has 3 N–H and O–H groups in total. The number of rotatable bonds is 8. The van der Waals surface area contributed by atoms with Crippen LogP contribution in [0.25, 0.3) is 0 Å². The number of hydrogen-bond acceptors (Lipinski definition) is 7. The topological polar surface area (TPSA) is 92.2 Å². The highest BCUT2D eigenvalue weighted by Gasteiger charge is 2.04. The van der Waals surface area contributed by atoms with E-state index >= 15 is 0 Å². The molecule has 0 atom stereocenters. The lowest BCUT2D eigenvalue weighted by Gasteiger charge is -2.07. The Balaban J connectivity index is 2.46. The lowest BCUT2D eigenvalue weighted by molar-refractivity contribution is 0.283. The fourth-order valence-corrected chi connectivity index (χ4v) is 1.25. The number of ether oxygens (including phenoxy) is 1. The van der Waals surface area contributed by atoms with Gasteiger partial charge in [0.2, 0.25) is 11.9 Å². The van der Waals surface area contributed by atoms with E-state index in [0.717, 1.165) is 25.8 Å². The van der Waals surface area contributed by atoms with Gasteiger partial charge in [0.1, 0.15) is 0 Å². The minimum atomic E-state index is 0.240. The normalized spacial score (nSPS) is 10.1. The zero-order valence-electron chi connectivity index (χ0n) is 10.2. The van der Waals surface area contributed by atoms with Crippen LogP contribution in [-0.4, -0.2) is 47.4 Å². The first-order valence-electron chi connectivity index (χ1n) is 5.62. The Kier molecular flexibility index (Phi) is 6.02. The lowest BCUT2D eigenvalue weighted by Crippen LogP contribution is -2.09. The van der Waals surface area contributed by atoms with Crippen LogP contribution < -0.4 is 15.4 Å². The van der Waals surface area contributed by atoms with Crippen molar-refractivity contribution in [3.8, 4) is 6.01 Å². The summed E-state index contributed by atoms with van der Waals surface area (Å²) in [6.45, 7) is 1.000. The molecule has 7 nitrogen and oxygen atoms in total. The van der Waals surface area contributed by atoms with Crippen LogP contribution in [0.1, 0.15) is 19.3 Å². The fraction of sp³-hybridized carbons (Fsp3) is 0.700. The number of aliphatic hydroxyl groups excluding tert-OH is 1. The van der Waals surface area contributed by atoms with E-state index in [1.165, 1.54) is 7.11 Å². The molecular formula is C10H19N5O2. The first kappa shape index (κ1) is 13.4. The molecule has 0 spiro atoms. The van der Waals surface area contributed by atoms with Gasteiger partial charge in [0.25, 0.3) is 0 Å². The van der Waals surface area contributed by atoms with Crippen LogP contribution in [0.15, 0.2) is 0 Å². The van der Waals surface area contributed by atoms with Crippen molar-refractivity contribution in [1.29, 1.82) is 0 Å². The van der Waals surface area contributed by atoms with Gasteiger partial charge in [-0.25, -0.2) is 0 Å². The van der Waals surface area contributed by atoms with Gasteiger partial charge < -0.3 is 20.5 Å². The van der Waals surface area contributed by atoms with Crippen LogP contribution in [0.5, 0.6) is 6.01 Å². The minimum Gasteiger partial charge on any atom is -0.467 e. The Morgan fingerprint density at radius 2 is 1.88 bits per heavy atom. The second-order valence-electron chi connectivity index (χ2n) is 3.43. The van der Waals surface area contributed by atoms with Crippen molar-refractivity contribution in [3.05, 3.63) is 0 Å². The van der Waals surface area contributed by atoms with Crippen molar-refractivity contribution in [2.75, 3.05) is 37.9 Å². The monoisotopic (exact) mass is 241 g/mol. The molecule has 0 aliphatic heterocycles. The van der Waals surface area contributed by atoms with Crippen molar-refractivity contribution in [1.82, 2.24) is 15.0 Å². The molecule has 0 fully saturated rings. The quantitative estimate of drug-likeness (QED) is 0.570. The van der Waals surface area contributed by atoms with Crippen LogP contribution >= 0.6 is 0 Å². The summed E-state index contributed by atoms with van der Waals surface area (Å²) < 4.78 is 4.97. The first-order valence-corrected chi connectivity index (χ1v) is 5.62. The van der Waals surface area contributed by atoms with Crippen LogP contribution in [-0.2, 0) is 0 Å². The van der Waals surface area contributed by atoms with Crippen molar-refractivity contribution in [2.45, 2.75) is 19.3 Å². The van der Waals surface area contributed by atoms with Gasteiger partial charge in [-0.15, -0.1) is 0 Å². The van der Waals surface area contributed by atoms with Gasteiger partial charge in [-0.05, 0) is 19.3 Å². The van der Waals surface area contributed by atoms with Crippen LogP contribution in [0.4, 0.5) is 11.9 Å². The predicted octanol–water partition coefficient (Wildman–Crippen LogP) is 0.496. The van der Waals surface area contributed by atoms with Gasteiger partial charge in [0, 0.05) is 20.2 Å². The lowest BCUT2D eigenvalue weighted by atomic mass is 10.2. The molecule has 0 aliphatic carbocycles. The van der Waals surface area contributed by atoms with E-state index < -0.39 is 0 Å². The summed E-state index contributed by atoms with van der Waals surface area (Å²) in [4.78, 5) is 12.2. The molecule has 0 aliphatic rings. The van der Waals surface area contributed by atoms with E-state index in [2.05, 4.69) is 25.6 Å². The molecule has 0 aromatic carbocycles. The molecule has 0 unspecified atom stereocenters. The number of aromatic nitrogens is 3. The van der Waals surface area contributed by atoms with E-state index in [1.807, 2.05) is 0 Å². The third kappa shape index (κ3) is 4.81. The van der Waals surface area contributed by atoms with Crippen LogP contribution in [0.2, 0.25) is 0 Å². The minimum absolute atomic E-state index is 0.240. The molecule has 0 bridgehead atoms. The molecule has 1 aromatic rings. The van der Waals surface area contributed by atoms with Crippen molar-refractivity contribution < 1.29 is 9.84 Å². The highest BCUT2D eigenvalue weighted by molar-refractivity contribution is 5.35. The second-order valence-corrected chi connectivity index (χ2v) is 3.43. The molecular weight excluding hydrogens is 222 g/mol. The van der Waals surface area contributed by atoms with Gasteiger partial charge in [-0.3, -0.25) is 0 Å². The zero-order chi connectivity index (χ0) is 12.5. The largest absolute Gasteiger partial charge is 0.467 e. The number of unbranched alkanes of at least 4 members (excludes halogenated alkanes) is 2. The molecule has 7 heteroatoms. The van der Waals surface area contributed by atoms with Crippen molar-refractivity contribution in [2.24, 2.45) is 0 Å². The maximum Gasteiger partial charge on any atom is 0.322 e. The molecule has 1 aromatic heterocycles. The summed E-state index contributed by atoms with van der Waals surface area (Å²) >= 11 is 0. The van der Waals surface area contributed by atoms with Gasteiger partial charge >= 0.3 is 6.01 Å². The maximum atomic E-state index is 8.64. The summed E-state index contributed by atoms with van der Waals surface area (Å²) in [6.07, 6.45) is 2.76. The smallest absolute Gasteiger partial charge is 0.322 e. The Morgan fingerprint density at radius 1 is 1.12 bits per heavy atom. The average molecular weight is 241 g/mol. The Hall–Kier alpha value is -1.63. The summed E-state index contributed by atoms with van der Waals surface area (Å²) in [5.41, 5.74) is 0. The number of anilines is 2. The molecule has 0 radical (unpaired) electrons. The Morgan fingerprint density at radius 3 is 2.53 bits per heavy atom. The number of nitrogens with one attached hydrogen (secondary N) is 2. The van der Waals surface area contributed by atoms with Gasteiger partial charge in [0.05, 0.1) is 7.11 Å².